The van der Waals surface area contributed by atoms with Gasteiger partial charge in [0.15, 0.2) is 9.84 Å². The zero-order chi connectivity index (χ0) is 32.1. The molecule has 0 saturated heterocycles. The molecular weight excluding hydrogens is 625 g/mol. The van der Waals surface area contributed by atoms with Gasteiger partial charge >= 0.3 is 12.4 Å². The molecule has 5 rings (SSSR count). The molecule has 14 heteroatoms. The van der Waals surface area contributed by atoms with Gasteiger partial charge in [0.2, 0.25) is 0 Å². The molecule has 1 atom stereocenters. The lowest BCUT2D eigenvalue weighted by molar-refractivity contribution is -0.392. The molecule has 1 aliphatic carbocycles. The average molecular weight is 648 g/mol. The van der Waals surface area contributed by atoms with E-state index in [1.807, 2.05) is 0 Å². The Hall–Kier alpha value is -3.65. The molecule has 0 saturated carbocycles. The van der Waals surface area contributed by atoms with Gasteiger partial charge in [-0.3, -0.25) is 4.99 Å². The summed E-state index contributed by atoms with van der Waals surface area (Å²) in [5.74, 6) is -3.54. The summed E-state index contributed by atoms with van der Waals surface area (Å²) in [6.45, 7) is -1.39. The third kappa shape index (κ3) is 5.11. The van der Waals surface area contributed by atoms with Crippen molar-refractivity contribution in [3.63, 3.8) is 0 Å². The first-order chi connectivity index (χ1) is 20.5. The minimum absolute atomic E-state index is 0.0823. The van der Waals surface area contributed by atoms with Crippen molar-refractivity contribution in [2.24, 2.45) is 4.99 Å². The second-order valence-electron chi connectivity index (χ2n) is 10.5. The highest BCUT2D eigenvalue weighted by atomic mass is 32.2. The van der Waals surface area contributed by atoms with Crippen molar-refractivity contribution in [1.82, 2.24) is 0 Å². The standard InChI is InChI=1S/C30H22F9NO3S/c31-22-8-10-23(11-9-22)44(41,42)27(13-12-18-15-40-16-19(18)14-27)20-4-6-21(7-5-20)28(29(34,35)36,30(37,38)39)43-17-24-25(32)2-1-3-26(24)33/h1-11,16H,12-15,17H2. The van der Waals surface area contributed by atoms with Crippen LogP contribution >= 0.6 is 0 Å². The van der Waals surface area contributed by atoms with Crippen LogP contribution in [0.15, 0.2) is 87.8 Å². The van der Waals surface area contributed by atoms with Gasteiger partial charge in [0.1, 0.15) is 22.2 Å². The van der Waals surface area contributed by atoms with Crippen LogP contribution < -0.4 is 0 Å². The van der Waals surface area contributed by atoms with Crippen LogP contribution in [0.5, 0.6) is 0 Å². The van der Waals surface area contributed by atoms with Crippen LogP contribution in [-0.2, 0) is 31.5 Å². The topological polar surface area (TPSA) is 55.7 Å². The largest absolute Gasteiger partial charge is 0.430 e. The van der Waals surface area contributed by atoms with Crippen molar-refractivity contribution < 1.29 is 52.7 Å². The highest BCUT2D eigenvalue weighted by Gasteiger charge is 2.73. The first-order valence-corrected chi connectivity index (χ1v) is 14.5. The Morgan fingerprint density at radius 1 is 0.818 bits per heavy atom. The van der Waals surface area contributed by atoms with Gasteiger partial charge in [-0.15, -0.1) is 0 Å². The minimum atomic E-state index is -6.17. The Bertz CT molecular complexity index is 1690. The normalized spacial score (nSPS) is 19.4. The summed E-state index contributed by atoms with van der Waals surface area (Å²) in [6, 6.07) is 8.66. The number of rotatable bonds is 7. The number of allylic oxidation sites excluding steroid dienone is 1. The van der Waals surface area contributed by atoms with E-state index < -0.39 is 67.7 Å². The van der Waals surface area contributed by atoms with Crippen LogP contribution in [0.3, 0.4) is 0 Å². The predicted molar refractivity (Wildman–Crippen MR) is 141 cm³/mol. The van der Waals surface area contributed by atoms with Gasteiger partial charge in [0.25, 0.3) is 5.60 Å². The maximum absolute atomic E-state index is 14.4. The molecule has 0 radical (unpaired) electrons. The van der Waals surface area contributed by atoms with Gasteiger partial charge in [-0.25, -0.2) is 21.6 Å². The van der Waals surface area contributed by atoms with Crippen LogP contribution in [0.1, 0.15) is 36.0 Å². The molecule has 1 heterocycles. The molecule has 0 aromatic heterocycles. The number of sulfone groups is 1. The van der Waals surface area contributed by atoms with Crippen molar-refractivity contribution in [1.29, 1.82) is 0 Å². The number of aliphatic imine (C=N–C) groups is 1. The summed E-state index contributed by atoms with van der Waals surface area (Å²) in [5, 5.41) is 0. The predicted octanol–water partition coefficient (Wildman–Crippen LogP) is 7.87. The van der Waals surface area contributed by atoms with Crippen LogP contribution in [0, 0.1) is 17.5 Å². The van der Waals surface area contributed by atoms with Gasteiger partial charge in [0, 0.05) is 17.3 Å². The van der Waals surface area contributed by atoms with Gasteiger partial charge in [-0.1, -0.05) is 30.3 Å². The molecule has 0 spiro atoms. The summed E-state index contributed by atoms with van der Waals surface area (Å²) in [6.07, 6.45) is -10.9. The second-order valence-corrected chi connectivity index (χ2v) is 12.7. The highest BCUT2D eigenvalue weighted by molar-refractivity contribution is 7.92. The van der Waals surface area contributed by atoms with Crippen molar-refractivity contribution in [2.75, 3.05) is 6.54 Å². The number of ether oxygens (including phenoxy) is 1. The molecule has 2 aliphatic rings. The zero-order valence-corrected chi connectivity index (χ0v) is 23.3. The third-order valence-electron chi connectivity index (χ3n) is 8.04. The van der Waals surface area contributed by atoms with E-state index in [-0.39, 0.29) is 29.7 Å². The number of halogens is 9. The fourth-order valence-electron chi connectivity index (χ4n) is 5.68. The van der Waals surface area contributed by atoms with E-state index in [0.29, 0.717) is 36.4 Å². The summed E-state index contributed by atoms with van der Waals surface area (Å²) >= 11 is 0. The first-order valence-electron chi connectivity index (χ1n) is 13.1. The Labute approximate surface area is 245 Å². The second kappa shape index (κ2) is 11.1. The SMILES string of the molecule is O=S(=O)(c1ccc(F)cc1)C1(c2ccc(C(OCc3c(F)cccc3F)(C(F)(F)F)C(F)(F)F)cc2)CCC2=C(C=NC2)C1. The third-order valence-corrected chi connectivity index (χ3v) is 10.5. The Kier molecular flexibility index (Phi) is 7.98. The van der Waals surface area contributed by atoms with Crippen LogP contribution in [0.2, 0.25) is 0 Å². The Balaban J connectivity index is 1.64. The Morgan fingerprint density at radius 2 is 1.41 bits per heavy atom. The fraction of sp³-hybridized carbons (Fsp3) is 0.300. The van der Waals surface area contributed by atoms with Crippen molar-refractivity contribution in [3.05, 3.63) is 112 Å². The molecule has 0 bridgehead atoms. The number of alkyl halides is 6. The van der Waals surface area contributed by atoms with E-state index in [2.05, 4.69) is 9.73 Å². The molecule has 0 amide bonds. The molecule has 0 N–H and O–H groups in total. The number of benzene rings is 3. The molecule has 4 nitrogen and oxygen atoms in total. The fourth-order valence-corrected chi connectivity index (χ4v) is 7.79. The molecule has 0 fully saturated rings. The van der Waals surface area contributed by atoms with Gasteiger partial charge in [-0.2, -0.15) is 26.3 Å². The molecular formula is C30H22F9NO3S. The van der Waals surface area contributed by atoms with Crippen molar-refractivity contribution in [2.45, 2.75) is 53.5 Å². The number of nitrogens with zero attached hydrogens (tertiary/aromatic N) is 1. The quantitative estimate of drug-likeness (QED) is 0.194. The molecule has 3 aromatic carbocycles. The monoisotopic (exact) mass is 647 g/mol. The summed E-state index contributed by atoms with van der Waals surface area (Å²) in [7, 11) is -4.41. The lowest BCUT2D eigenvalue weighted by atomic mass is 9.79. The van der Waals surface area contributed by atoms with Crippen molar-refractivity contribution >= 4 is 16.1 Å². The van der Waals surface area contributed by atoms with E-state index in [1.165, 1.54) is 6.21 Å². The molecule has 1 unspecified atom stereocenters. The van der Waals surface area contributed by atoms with E-state index >= 15 is 0 Å². The molecule has 3 aromatic rings. The average Bonchev–Trinajstić information content (AvgIpc) is 3.41. The van der Waals surface area contributed by atoms with Crippen LogP contribution in [0.25, 0.3) is 0 Å². The van der Waals surface area contributed by atoms with Gasteiger partial charge in [0.05, 0.1) is 18.0 Å². The smallest absolute Gasteiger partial charge is 0.349 e. The minimum Gasteiger partial charge on any atom is -0.349 e. The van der Waals surface area contributed by atoms with Gasteiger partial charge in [-0.05, 0) is 72.4 Å². The summed E-state index contributed by atoms with van der Waals surface area (Å²) in [4.78, 5) is 3.85. The van der Waals surface area contributed by atoms with Crippen LogP contribution in [0.4, 0.5) is 39.5 Å². The Morgan fingerprint density at radius 3 is 1.98 bits per heavy atom. The molecule has 1 aliphatic heterocycles. The van der Waals surface area contributed by atoms with E-state index in [4.69, 9.17) is 0 Å². The molecule has 44 heavy (non-hydrogen) atoms. The summed E-state index contributed by atoms with van der Waals surface area (Å²) < 4.78 is 159. The maximum Gasteiger partial charge on any atom is 0.430 e. The lowest BCUT2D eigenvalue weighted by Gasteiger charge is -2.39. The van der Waals surface area contributed by atoms with Crippen LogP contribution in [-0.4, -0.2) is 33.5 Å². The highest BCUT2D eigenvalue weighted by Crippen LogP contribution is 2.55. The number of hydrogen-bond acceptors (Lipinski definition) is 4. The van der Waals surface area contributed by atoms with E-state index in [9.17, 15) is 47.9 Å². The maximum atomic E-state index is 14.4. The van der Waals surface area contributed by atoms with E-state index in [0.717, 1.165) is 48.0 Å². The summed E-state index contributed by atoms with van der Waals surface area (Å²) in [5.41, 5.74) is -6.34. The number of hydrogen-bond donors (Lipinski definition) is 0. The molecule has 234 valence electrons. The lowest BCUT2D eigenvalue weighted by Crippen LogP contribution is -2.56. The first kappa shape index (κ1) is 31.8. The van der Waals surface area contributed by atoms with Crippen molar-refractivity contribution in [3.8, 4) is 0 Å². The zero-order valence-electron chi connectivity index (χ0n) is 22.4. The van der Waals surface area contributed by atoms with E-state index in [1.54, 1.807) is 0 Å². The van der Waals surface area contributed by atoms with Gasteiger partial charge < -0.3 is 4.74 Å².